The number of methoxy groups -OCH3 is 1. The number of allylic oxidation sites excluding steroid dienone is 1. The molecule has 2 N–H and O–H groups in total. The monoisotopic (exact) mass is 229 g/mol. The first-order valence-corrected chi connectivity index (χ1v) is 5.13. The van der Waals surface area contributed by atoms with E-state index < -0.39 is 12.0 Å². The number of aliphatic hydroxyl groups excluding tert-OH is 1. The summed E-state index contributed by atoms with van der Waals surface area (Å²) in [7, 11) is 2.92. The molecule has 0 radical (unpaired) electrons. The fraction of sp³-hybridized carbons (Fsp3) is 0.636. The average Bonchev–Trinajstić information content (AvgIpc) is 2.29. The van der Waals surface area contributed by atoms with Crippen LogP contribution in [0.3, 0.4) is 0 Å². The number of nitrogens with one attached hydrogen (secondary N) is 1. The van der Waals surface area contributed by atoms with Crippen LogP contribution in [0.15, 0.2) is 12.2 Å². The van der Waals surface area contributed by atoms with Gasteiger partial charge in [0.1, 0.15) is 0 Å². The molecule has 0 aromatic carbocycles. The Hall–Kier alpha value is -1.20. The molecule has 0 aromatic rings. The zero-order chi connectivity index (χ0) is 12.6. The van der Waals surface area contributed by atoms with Crippen LogP contribution in [0.1, 0.15) is 13.3 Å². The van der Waals surface area contributed by atoms with Gasteiger partial charge in [0.2, 0.25) is 0 Å². The van der Waals surface area contributed by atoms with E-state index in [1.807, 2.05) is 0 Å². The van der Waals surface area contributed by atoms with Crippen molar-refractivity contribution < 1.29 is 19.4 Å². The molecule has 5 nitrogen and oxygen atoms in total. The van der Waals surface area contributed by atoms with Crippen molar-refractivity contribution in [2.24, 2.45) is 5.92 Å². The van der Waals surface area contributed by atoms with Crippen molar-refractivity contribution in [3.8, 4) is 0 Å². The summed E-state index contributed by atoms with van der Waals surface area (Å²) in [5.74, 6) is -0.753. The molecule has 92 valence electrons. The molecule has 0 rings (SSSR count). The number of esters is 1. The van der Waals surface area contributed by atoms with E-state index in [1.54, 1.807) is 20.0 Å². The summed E-state index contributed by atoms with van der Waals surface area (Å²) in [6.07, 6.45) is 3.34. The van der Waals surface area contributed by atoms with Crippen molar-refractivity contribution in [1.29, 1.82) is 0 Å². The highest BCUT2D eigenvalue weighted by molar-refractivity contribution is 5.86. The van der Waals surface area contributed by atoms with Crippen LogP contribution in [0.2, 0.25) is 0 Å². The first kappa shape index (κ1) is 14.8. The van der Waals surface area contributed by atoms with E-state index in [1.165, 1.54) is 13.2 Å². The van der Waals surface area contributed by atoms with Crippen LogP contribution >= 0.6 is 0 Å². The summed E-state index contributed by atoms with van der Waals surface area (Å²) in [5, 5.41) is 11.6. The SMILES string of the molecule is CN[C@H](CO)C(=O)[C@H](C)CC=CC(=O)OC. The van der Waals surface area contributed by atoms with Gasteiger partial charge in [-0.05, 0) is 13.5 Å². The van der Waals surface area contributed by atoms with Gasteiger partial charge in [-0.3, -0.25) is 4.79 Å². The number of hydrogen-bond acceptors (Lipinski definition) is 5. The van der Waals surface area contributed by atoms with Gasteiger partial charge in [-0.2, -0.15) is 0 Å². The minimum atomic E-state index is -0.540. The van der Waals surface area contributed by atoms with Crippen LogP contribution in [0.5, 0.6) is 0 Å². The number of rotatable bonds is 7. The van der Waals surface area contributed by atoms with E-state index in [2.05, 4.69) is 10.1 Å². The predicted molar refractivity (Wildman–Crippen MR) is 59.9 cm³/mol. The van der Waals surface area contributed by atoms with E-state index in [4.69, 9.17) is 5.11 Å². The van der Waals surface area contributed by atoms with Crippen molar-refractivity contribution in [2.75, 3.05) is 20.8 Å². The topological polar surface area (TPSA) is 75.6 Å². The Balaban J connectivity index is 4.15. The third-order valence-electron chi connectivity index (χ3n) is 2.30. The van der Waals surface area contributed by atoms with E-state index >= 15 is 0 Å². The lowest BCUT2D eigenvalue weighted by Gasteiger charge is -2.15. The molecule has 2 atom stereocenters. The number of carbonyl (C=O) groups is 2. The van der Waals surface area contributed by atoms with Crippen LogP contribution in [-0.2, 0) is 14.3 Å². The zero-order valence-electron chi connectivity index (χ0n) is 9.90. The maximum atomic E-state index is 11.7. The number of likely N-dealkylation sites (N-methyl/N-ethyl adjacent to an activating group) is 1. The van der Waals surface area contributed by atoms with E-state index in [-0.39, 0.29) is 18.3 Å². The van der Waals surface area contributed by atoms with Crippen LogP contribution in [0, 0.1) is 5.92 Å². The van der Waals surface area contributed by atoms with Gasteiger partial charge in [-0.25, -0.2) is 4.79 Å². The Bertz CT molecular complexity index is 259. The molecule has 0 aliphatic heterocycles. The maximum Gasteiger partial charge on any atom is 0.330 e. The van der Waals surface area contributed by atoms with Crippen LogP contribution < -0.4 is 5.32 Å². The van der Waals surface area contributed by atoms with Gasteiger partial charge in [0.05, 0.1) is 19.8 Å². The largest absolute Gasteiger partial charge is 0.466 e. The minimum Gasteiger partial charge on any atom is -0.466 e. The molecule has 0 aliphatic carbocycles. The summed E-state index contributed by atoms with van der Waals surface area (Å²) in [6.45, 7) is 1.53. The lowest BCUT2D eigenvalue weighted by atomic mass is 9.97. The minimum absolute atomic E-state index is 0.0699. The highest BCUT2D eigenvalue weighted by Gasteiger charge is 2.20. The molecule has 0 saturated carbocycles. The number of ether oxygens (including phenoxy) is 1. The molecule has 0 spiro atoms. The molecule has 0 aromatic heterocycles. The molecule has 0 unspecified atom stereocenters. The standard InChI is InChI=1S/C11H19NO4/c1-8(5-4-6-10(14)16-3)11(15)9(7-13)12-2/h4,6,8-9,12-13H,5,7H2,1-3H3/t8-,9-/m1/s1. The third-order valence-corrected chi connectivity index (χ3v) is 2.30. The number of hydrogen-bond donors (Lipinski definition) is 2. The normalized spacial score (nSPS) is 14.8. The van der Waals surface area contributed by atoms with Gasteiger partial charge >= 0.3 is 5.97 Å². The van der Waals surface area contributed by atoms with Crippen molar-refractivity contribution >= 4 is 11.8 Å². The van der Waals surface area contributed by atoms with Gasteiger partial charge in [-0.15, -0.1) is 0 Å². The molecular formula is C11H19NO4. The Morgan fingerprint density at radius 1 is 1.50 bits per heavy atom. The van der Waals surface area contributed by atoms with Gasteiger partial charge in [0.25, 0.3) is 0 Å². The fourth-order valence-corrected chi connectivity index (χ4v) is 1.22. The number of carbonyl (C=O) groups excluding carboxylic acids is 2. The lowest BCUT2D eigenvalue weighted by molar-refractivity contribution is -0.135. The Morgan fingerprint density at radius 2 is 2.12 bits per heavy atom. The van der Waals surface area contributed by atoms with E-state index in [9.17, 15) is 9.59 Å². The molecule has 16 heavy (non-hydrogen) atoms. The second kappa shape index (κ2) is 8.01. The predicted octanol–water partition coefficient (Wildman–Crippen LogP) is -0.109. The van der Waals surface area contributed by atoms with E-state index in [0.717, 1.165) is 0 Å². The van der Waals surface area contributed by atoms with Gasteiger partial charge < -0.3 is 15.2 Å². The van der Waals surface area contributed by atoms with Crippen LogP contribution in [-0.4, -0.2) is 43.7 Å². The second-order valence-corrected chi connectivity index (χ2v) is 3.49. The molecule has 0 heterocycles. The summed E-state index contributed by atoms with van der Waals surface area (Å²) >= 11 is 0. The number of aliphatic hydroxyl groups is 1. The van der Waals surface area contributed by atoms with Crippen molar-refractivity contribution in [3.05, 3.63) is 12.2 Å². The van der Waals surface area contributed by atoms with E-state index in [0.29, 0.717) is 6.42 Å². The Kier molecular flexibility index (Phi) is 7.41. The third kappa shape index (κ3) is 5.04. The van der Waals surface area contributed by atoms with Crippen molar-refractivity contribution in [3.63, 3.8) is 0 Å². The Morgan fingerprint density at radius 3 is 2.56 bits per heavy atom. The molecule has 0 aliphatic rings. The quantitative estimate of drug-likeness (QED) is 0.470. The van der Waals surface area contributed by atoms with Crippen molar-refractivity contribution in [2.45, 2.75) is 19.4 Å². The molecule has 0 bridgehead atoms. The summed E-state index contributed by atoms with van der Waals surface area (Å²) < 4.78 is 4.42. The Labute approximate surface area is 95.5 Å². The van der Waals surface area contributed by atoms with Gasteiger partial charge in [-0.1, -0.05) is 13.0 Å². The molecule has 0 amide bonds. The summed E-state index contributed by atoms with van der Waals surface area (Å²) in [6, 6.07) is -0.540. The average molecular weight is 229 g/mol. The molecule has 5 heteroatoms. The number of ketones is 1. The van der Waals surface area contributed by atoms with Crippen molar-refractivity contribution in [1.82, 2.24) is 5.32 Å². The number of Topliss-reactive ketones (excluding diaryl/α,β-unsaturated/α-hetero) is 1. The van der Waals surface area contributed by atoms with Crippen LogP contribution in [0.4, 0.5) is 0 Å². The molecular weight excluding hydrogens is 210 g/mol. The summed E-state index contributed by atoms with van der Waals surface area (Å²) in [4.78, 5) is 22.4. The van der Waals surface area contributed by atoms with Gasteiger partial charge in [0, 0.05) is 12.0 Å². The summed E-state index contributed by atoms with van der Waals surface area (Å²) in [5.41, 5.74) is 0. The smallest absolute Gasteiger partial charge is 0.330 e. The van der Waals surface area contributed by atoms with Crippen LogP contribution in [0.25, 0.3) is 0 Å². The highest BCUT2D eigenvalue weighted by atomic mass is 16.5. The second-order valence-electron chi connectivity index (χ2n) is 3.49. The fourth-order valence-electron chi connectivity index (χ4n) is 1.22. The first-order valence-electron chi connectivity index (χ1n) is 5.13. The first-order chi connectivity index (χ1) is 7.56. The lowest BCUT2D eigenvalue weighted by Crippen LogP contribution is -2.40. The zero-order valence-corrected chi connectivity index (χ0v) is 9.90. The maximum absolute atomic E-state index is 11.7. The molecule has 0 fully saturated rings. The molecule has 0 saturated heterocycles. The highest BCUT2D eigenvalue weighted by Crippen LogP contribution is 2.07. The van der Waals surface area contributed by atoms with Gasteiger partial charge in [0.15, 0.2) is 5.78 Å².